The lowest BCUT2D eigenvalue weighted by Gasteiger charge is -2.33. The van der Waals surface area contributed by atoms with Gasteiger partial charge in [0.2, 0.25) is 0 Å². The van der Waals surface area contributed by atoms with E-state index in [2.05, 4.69) is 121 Å². The molecule has 4 aromatic rings. The normalized spacial score (nSPS) is 13.6. The Morgan fingerprint density at radius 3 is 1.84 bits per heavy atom. The summed E-state index contributed by atoms with van der Waals surface area (Å²) in [6.45, 7) is 4.70. The highest BCUT2D eigenvalue weighted by Crippen LogP contribution is 2.57. The summed E-state index contributed by atoms with van der Waals surface area (Å²) in [6, 6.07) is 33.3. The summed E-state index contributed by atoms with van der Waals surface area (Å²) in [5.74, 6) is 0. The highest BCUT2D eigenvalue weighted by atomic mass is 79.9. The molecule has 0 fully saturated rings. The van der Waals surface area contributed by atoms with Crippen LogP contribution >= 0.6 is 15.9 Å². The molecule has 31 heavy (non-hydrogen) atoms. The molecule has 0 spiro atoms. The van der Waals surface area contributed by atoms with Crippen LogP contribution in [0.4, 0.5) is 0 Å². The predicted octanol–water partition coefficient (Wildman–Crippen LogP) is 9.00. The smallest absolute Gasteiger partial charge is 0.0295 e. The van der Waals surface area contributed by atoms with E-state index in [-0.39, 0.29) is 5.41 Å². The van der Waals surface area contributed by atoms with Crippen molar-refractivity contribution in [3.05, 3.63) is 108 Å². The van der Waals surface area contributed by atoms with Gasteiger partial charge in [0, 0.05) is 10.7 Å². The van der Waals surface area contributed by atoms with Crippen LogP contribution < -0.4 is 0 Å². The van der Waals surface area contributed by atoms with Crippen molar-refractivity contribution in [2.24, 2.45) is 0 Å². The number of fused-ring (bicyclic) bond motifs is 3. The summed E-state index contributed by atoms with van der Waals surface area (Å²) in [4.78, 5) is 0. The lowest BCUT2D eigenvalue weighted by molar-refractivity contribution is 0.491. The number of hydrogen-bond acceptors (Lipinski definition) is 0. The molecule has 154 valence electrons. The first kappa shape index (κ1) is 20.3. The van der Waals surface area contributed by atoms with Gasteiger partial charge in [0.05, 0.1) is 0 Å². The van der Waals surface area contributed by atoms with Crippen molar-refractivity contribution >= 4 is 15.9 Å². The third-order valence-electron chi connectivity index (χ3n) is 7.13. The van der Waals surface area contributed by atoms with Gasteiger partial charge < -0.3 is 0 Å². The Labute approximate surface area is 194 Å². The molecule has 0 unspecified atom stereocenters. The predicted molar refractivity (Wildman–Crippen MR) is 137 cm³/mol. The lowest BCUT2D eigenvalue weighted by Crippen LogP contribution is -2.24. The number of alkyl halides is 1. The monoisotopic (exact) mass is 466 g/mol. The molecule has 0 aromatic heterocycles. The van der Waals surface area contributed by atoms with Crippen LogP contribution in [0, 0.1) is 0 Å². The summed E-state index contributed by atoms with van der Waals surface area (Å²) in [5.41, 5.74) is 12.6. The van der Waals surface area contributed by atoms with Crippen molar-refractivity contribution in [1.29, 1.82) is 0 Å². The van der Waals surface area contributed by atoms with Crippen LogP contribution in [0.3, 0.4) is 0 Å². The lowest BCUT2D eigenvalue weighted by atomic mass is 9.70. The average Bonchev–Trinajstić information content (AvgIpc) is 3.13. The van der Waals surface area contributed by atoms with Crippen molar-refractivity contribution in [2.75, 3.05) is 0 Å². The van der Waals surface area contributed by atoms with E-state index in [9.17, 15) is 0 Å². The summed E-state index contributed by atoms with van der Waals surface area (Å²) >= 11 is 3.88. The topological polar surface area (TPSA) is 0 Å². The molecular formula is C30H27Br. The van der Waals surface area contributed by atoms with Gasteiger partial charge in [0.25, 0.3) is 0 Å². The van der Waals surface area contributed by atoms with Gasteiger partial charge in [-0.05, 0) is 69.0 Å². The zero-order valence-corrected chi connectivity index (χ0v) is 19.7. The minimum Gasteiger partial charge on any atom is -0.0876 e. The molecule has 0 nitrogen and oxygen atoms in total. The molecule has 0 atom stereocenters. The van der Waals surface area contributed by atoms with Crippen LogP contribution in [0.25, 0.3) is 33.4 Å². The van der Waals surface area contributed by atoms with Gasteiger partial charge in [0.15, 0.2) is 0 Å². The first-order valence-corrected chi connectivity index (χ1v) is 12.3. The molecule has 1 aliphatic rings. The summed E-state index contributed by atoms with van der Waals surface area (Å²) < 4.78 is 0. The Balaban J connectivity index is 1.97. The Bertz CT molecular complexity index is 1220. The molecule has 0 radical (unpaired) electrons. The fraction of sp³-hybridized carbons (Fsp3) is 0.200. The Morgan fingerprint density at radius 2 is 1.23 bits per heavy atom. The van der Waals surface area contributed by atoms with E-state index in [1.165, 1.54) is 50.1 Å². The molecule has 0 bridgehead atoms. The molecule has 1 heteroatoms. The third kappa shape index (κ3) is 3.02. The molecular weight excluding hydrogens is 440 g/mol. The third-order valence-corrected chi connectivity index (χ3v) is 7.69. The number of hydrogen-bond donors (Lipinski definition) is 0. The fourth-order valence-electron chi connectivity index (χ4n) is 5.63. The van der Waals surface area contributed by atoms with E-state index in [4.69, 9.17) is 0 Å². The maximum Gasteiger partial charge on any atom is 0.0295 e. The second kappa shape index (κ2) is 8.13. The SMILES string of the molecule is CCC1(CC)c2ccccc2-c2cc(-c3ccccc3)c(CBr)c(-c3ccccc3)c21. The van der Waals surface area contributed by atoms with E-state index in [0.717, 1.165) is 18.2 Å². The Hall–Kier alpha value is -2.64. The molecule has 5 rings (SSSR count). The summed E-state index contributed by atoms with van der Waals surface area (Å²) in [5, 5.41) is 0.828. The molecule has 0 amide bonds. The largest absolute Gasteiger partial charge is 0.0876 e. The number of benzene rings is 4. The summed E-state index contributed by atoms with van der Waals surface area (Å²) in [7, 11) is 0. The van der Waals surface area contributed by atoms with Gasteiger partial charge in [-0.2, -0.15) is 0 Å². The molecule has 0 N–H and O–H groups in total. The quantitative estimate of drug-likeness (QED) is 0.257. The van der Waals surface area contributed by atoms with Crippen molar-refractivity contribution in [3.63, 3.8) is 0 Å². The molecule has 0 aliphatic heterocycles. The van der Waals surface area contributed by atoms with E-state index in [1.54, 1.807) is 0 Å². The second-order valence-corrected chi connectivity index (χ2v) is 8.96. The van der Waals surface area contributed by atoms with Crippen LogP contribution in [-0.4, -0.2) is 0 Å². The fourth-order valence-corrected chi connectivity index (χ4v) is 6.21. The number of rotatable bonds is 5. The molecule has 0 heterocycles. The molecule has 1 aliphatic carbocycles. The zero-order valence-electron chi connectivity index (χ0n) is 18.2. The molecule has 0 saturated heterocycles. The standard InChI is InChI=1S/C30H27Br/c1-3-30(4-2)27-18-12-11-17-23(27)25-19-24(21-13-7-5-8-14-21)26(20-31)28(29(25)30)22-15-9-6-10-16-22/h5-19H,3-4,20H2,1-2H3. The maximum absolute atomic E-state index is 3.88. The Kier molecular flexibility index (Phi) is 5.32. The first-order chi connectivity index (χ1) is 15.2. The highest BCUT2D eigenvalue weighted by molar-refractivity contribution is 9.08. The van der Waals surface area contributed by atoms with E-state index >= 15 is 0 Å². The minimum absolute atomic E-state index is 0.0449. The highest BCUT2D eigenvalue weighted by Gasteiger charge is 2.43. The summed E-state index contributed by atoms with van der Waals surface area (Å²) in [6.07, 6.45) is 2.19. The van der Waals surface area contributed by atoms with Crippen LogP contribution in [0.1, 0.15) is 43.4 Å². The molecule has 0 saturated carbocycles. The van der Waals surface area contributed by atoms with Gasteiger partial charge in [-0.25, -0.2) is 0 Å². The van der Waals surface area contributed by atoms with E-state index < -0.39 is 0 Å². The van der Waals surface area contributed by atoms with Crippen molar-refractivity contribution in [1.82, 2.24) is 0 Å². The zero-order chi connectivity index (χ0) is 21.4. The van der Waals surface area contributed by atoms with Crippen LogP contribution in [0.15, 0.2) is 91.0 Å². The maximum atomic E-state index is 3.88. The van der Waals surface area contributed by atoms with E-state index in [0.29, 0.717) is 0 Å². The van der Waals surface area contributed by atoms with Crippen molar-refractivity contribution in [2.45, 2.75) is 37.4 Å². The average molecular weight is 467 g/mol. The van der Waals surface area contributed by atoms with Crippen molar-refractivity contribution < 1.29 is 0 Å². The van der Waals surface area contributed by atoms with Gasteiger partial charge in [-0.3, -0.25) is 0 Å². The van der Waals surface area contributed by atoms with Gasteiger partial charge in [0.1, 0.15) is 0 Å². The van der Waals surface area contributed by atoms with Gasteiger partial charge >= 0.3 is 0 Å². The van der Waals surface area contributed by atoms with Gasteiger partial charge in [-0.15, -0.1) is 0 Å². The van der Waals surface area contributed by atoms with Crippen LogP contribution in [0.5, 0.6) is 0 Å². The van der Waals surface area contributed by atoms with Gasteiger partial charge in [-0.1, -0.05) is 115 Å². The number of halogens is 1. The molecule has 4 aromatic carbocycles. The van der Waals surface area contributed by atoms with E-state index in [1.807, 2.05) is 0 Å². The second-order valence-electron chi connectivity index (χ2n) is 8.40. The first-order valence-electron chi connectivity index (χ1n) is 11.2. The van der Waals surface area contributed by atoms with Crippen molar-refractivity contribution in [3.8, 4) is 33.4 Å². The van der Waals surface area contributed by atoms with Crippen LogP contribution in [-0.2, 0) is 10.7 Å². The van der Waals surface area contributed by atoms with Crippen LogP contribution in [0.2, 0.25) is 0 Å². The Morgan fingerprint density at radius 1 is 0.645 bits per heavy atom. The minimum atomic E-state index is 0.0449.